The molecule has 1 fully saturated rings. The summed E-state index contributed by atoms with van der Waals surface area (Å²) in [5, 5.41) is 1.94. The fraction of sp³-hybridized carbons (Fsp3) is 0.448. The van der Waals surface area contributed by atoms with E-state index in [9.17, 15) is 8.42 Å². The minimum Gasteiger partial charge on any atom is -0.494 e. The van der Waals surface area contributed by atoms with Crippen LogP contribution < -0.4 is 9.47 Å². The van der Waals surface area contributed by atoms with Crippen molar-refractivity contribution in [2.45, 2.75) is 69.1 Å². The van der Waals surface area contributed by atoms with Gasteiger partial charge in [-0.05, 0) is 75.1 Å². The predicted molar refractivity (Wildman–Crippen MR) is 149 cm³/mol. The quantitative estimate of drug-likeness (QED) is 0.224. The third kappa shape index (κ3) is 6.01. The van der Waals surface area contributed by atoms with Crippen molar-refractivity contribution in [2.24, 2.45) is 0 Å². The highest BCUT2D eigenvalue weighted by Gasteiger charge is 2.38. The van der Waals surface area contributed by atoms with Crippen LogP contribution in [-0.2, 0) is 13.7 Å². The van der Waals surface area contributed by atoms with E-state index >= 15 is 0 Å². The third-order valence-electron chi connectivity index (χ3n) is 6.56. The monoisotopic (exact) mass is 530 g/mol. The third-order valence-corrected chi connectivity index (χ3v) is 12.2. The number of unbranched alkanes of at least 4 members (excludes halogenated alkanes) is 2. The SMILES string of the molecule is CCCCOc1ccc2c(OCCCC)ccc(S3(OS(=O)(=O)c4ccc(C)cc4)CCCC3)c2c1. The molecule has 0 N–H and O–H groups in total. The summed E-state index contributed by atoms with van der Waals surface area (Å²) in [5.74, 6) is 3.06. The molecule has 0 bridgehead atoms. The zero-order valence-electron chi connectivity index (χ0n) is 21.6. The Bertz CT molecular complexity index is 1260. The van der Waals surface area contributed by atoms with Gasteiger partial charge < -0.3 is 9.47 Å². The first-order chi connectivity index (χ1) is 17.4. The molecule has 0 atom stereocenters. The Hall–Kier alpha value is -2.22. The minimum absolute atomic E-state index is 0.208. The van der Waals surface area contributed by atoms with Crippen LogP contribution >= 0.6 is 10.3 Å². The van der Waals surface area contributed by atoms with Gasteiger partial charge in [-0.25, -0.2) is 3.63 Å². The maximum Gasteiger partial charge on any atom is 0.306 e. The molecule has 0 radical (unpaired) electrons. The Kier molecular flexibility index (Phi) is 8.86. The van der Waals surface area contributed by atoms with E-state index in [-0.39, 0.29) is 4.90 Å². The average molecular weight is 531 g/mol. The van der Waals surface area contributed by atoms with E-state index in [1.54, 1.807) is 12.1 Å². The van der Waals surface area contributed by atoms with Gasteiger partial charge >= 0.3 is 10.1 Å². The largest absolute Gasteiger partial charge is 0.494 e. The lowest BCUT2D eigenvalue weighted by atomic mass is 10.1. The Morgan fingerprint density at radius 1 is 0.806 bits per heavy atom. The smallest absolute Gasteiger partial charge is 0.306 e. The molecule has 0 spiro atoms. The van der Waals surface area contributed by atoms with Crippen LogP contribution in [0.25, 0.3) is 10.8 Å². The summed E-state index contributed by atoms with van der Waals surface area (Å²) in [7, 11) is -5.98. The van der Waals surface area contributed by atoms with Crippen LogP contribution in [0.3, 0.4) is 0 Å². The van der Waals surface area contributed by atoms with Gasteiger partial charge in [0.25, 0.3) is 0 Å². The summed E-state index contributed by atoms with van der Waals surface area (Å²) >= 11 is 0. The zero-order chi connectivity index (χ0) is 25.6. The first kappa shape index (κ1) is 26.8. The molecule has 4 rings (SSSR count). The fourth-order valence-electron chi connectivity index (χ4n) is 4.49. The topological polar surface area (TPSA) is 61.8 Å². The van der Waals surface area contributed by atoms with Crippen molar-refractivity contribution < 1.29 is 21.5 Å². The van der Waals surface area contributed by atoms with E-state index < -0.39 is 20.4 Å². The van der Waals surface area contributed by atoms with Gasteiger partial charge in [0.05, 0.1) is 18.1 Å². The van der Waals surface area contributed by atoms with Crippen molar-refractivity contribution in [1.82, 2.24) is 0 Å². The summed E-state index contributed by atoms with van der Waals surface area (Å²) in [6.07, 6.45) is 5.98. The van der Waals surface area contributed by atoms with E-state index in [1.165, 1.54) is 0 Å². The van der Waals surface area contributed by atoms with Crippen molar-refractivity contribution in [3.8, 4) is 11.5 Å². The summed E-state index contributed by atoms with van der Waals surface area (Å²) in [6, 6.07) is 17.0. The number of rotatable bonds is 12. The molecule has 0 aliphatic carbocycles. The van der Waals surface area contributed by atoms with Crippen LogP contribution in [0.2, 0.25) is 0 Å². The lowest BCUT2D eigenvalue weighted by molar-refractivity contribution is 0.309. The van der Waals surface area contributed by atoms with Gasteiger partial charge in [-0.3, -0.25) is 0 Å². The van der Waals surface area contributed by atoms with Crippen LogP contribution in [0.1, 0.15) is 57.9 Å². The normalized spacial score (nSPS) is 16.2. The van der Waals surface area contributed by atoms with Crippen LogP contribution in [0, 0.1) is 6.92 Å². The molecule has 196 valence electrons. The van der Waals surface area contributed by atoms with Crippen molar-refractivity contribution in [1.29, 1.82) is 0 Å². The molecular weight excluding hydrogens is 492 g/mol. The number of hydrogen-bond acceptors (Lipinski definition) is 5. The van der Waals surface area contributed by atoms with Gasteiger partial charge in [0.1, 0.15) is 11.5 Å². The standard InChI is InChI=1S/C29H38O5S2/c1-4-6-18-32-24-12-15-26-27(22-24)29(17-16-28(26)33-19-7-5-2)35(20-8-9-21-35)34-36(30,31)25-13-10-23(3)11-14-25/h10-17,22H,4-9,18-21H2,1-3H3. The second-order valence-corrected chi connectivity index (χ2v) is 14.2. The number of aryl methyl sites for hydroxylation is 1. The second kappa shape index (κ2) is 11.9. The molecule has 0 amide bonds. The van der Waals surface area contributed by atoms with Crippen LogP contribution in [-0.4, -0.2) is 33.1 Å². The van der Waals surface area contributed by atoms with Gasteiger partial charge in [-0.15, -0.1) is 0 Å². The van der Waals surface area contributed by atoms with Gasteiger partial charge in [0, 0.05) is 27.2 Å². The Morgan fingerprint density at radius 3 is 2.14 bits per heavy atom. The van der Waals surface area contributed by atoms with E-state index in [0.717, 1.165) is 82.8 Å². The summed E-state index contributed by atoms with van der Waals surface area (Å²) in [6.45, 7) is 7.53. The molecule has 3 aromatic rings. The number of hydrogen-bond donors (Lipinski definition) is 0. The highest BCUT2D eigenvalue weighted by molar-refractivity contribution is 8.33. The summed E-state index contributed by atoms with van der Waals surface area (Å²) < 4.78 is 45.3. The van der Waals surface area contributed by atoms with Crippen LogP contribution in [0.5, 0.6) is 11.5 Å². The van der Waals surface area contributed by atoms with Gasteiger partial charge in [0.2, 0.25) is 0 Å². The van der Waals surface area contributed by atoms with Gasteiger partial charge in [0.15, 0.2) is 0 Å². The molecule has 3 aromatic carbocycles. The number of ether oxygens (including phenoxy) is 2. The molecule has 0 saturated carbocycles. The lowest BCUT2D eigenvalue weighted by Gasteiger charge is -2.35. The maximum atomic E-state index is 13.4. The van der Waals surface area contributed by atoms with Crippen LogP contribution in [0.15, 0.2) is 64.4 Å². The van der Waals surface area contributed by atoms with Gasteiger partial charge in [-0.1, -0.05) is 54.7 Å². The highest BCUT2D eigenvalue weighted by atomic mass is 32.3. The molecule has 1 aliphatic rings. The van der Waals surface area contributed by atoms with Gasteiger partial charge in [-0.2, -0.15) is 8.42 Å². The number of benzene rings is 3. The predicted octanol–water partition coefficient (Wildman–Crippen LogP) is 7.78. The molecule has 1 saturated heterocycles. The van der Waals surface area contributed by atoms with Crippen molar-refractivity contribution in [3.63, 3.8) is 0 Å². The minimum atomic E-state index is -3.92. The molecular formula is C29H38O5S2. The molecule has 36 heavy (non-hydrogen) atoms. The summed E-state index contributed by atoms with van der Waals surface area (Å²) in [4.78, 5) is 1.17. The lowest BCUT2D eigenvalue weighted by Crippen LogP contribution is -2.15. The number of fused-ring (bicyclic) bond motifs is 1. The molecule has 0 aromatic heterocycles. The molecule has 1 aliphatic heterocycles. The molecule has 7 heteroatoms. The first-order valence-corrected chi connectivity index (χ1v) is 16.3. The Balaban J connectivity index is 1.79. The summed E-state index contributed by atoms with van der Waals surface area (Å²) in [5.41, 5.74) is 1.01. The second-order valence-electron chi connectivity index (χ2n) is 9.44. The van der Waals surface area contributed by atoms with Crippen LogP contribution in [0.4, 0.5) is 0 Å². The van der Waals surface area contributed by atoms with E-state index in [1.807, 2.05) is 49.4 Å². The molecule has 1 heterocycles. The van der Waals surface area contributed by atoms with E-state index in [0.29, 0.717) is 13.2 Å². The van der Waals surface area contributed by atoms with E-state index in [2.05, 4.69) is 13.8 Å². The average Bonchev–Trinajstić information content (AvgIpc) is 3.33. The Morgan fingerprint density at radius 2 is 1.47 bits per heavy atom. The first-order valence-electron chi connectivity index (χ1n) is 13.0. The highest BCUT2D eigenvalue weighted by Crippen LogP contribution is 2.65. The maximum absolute atomic E-state index is 13.4. The Labute approximate surface area is 217 Å². The van der Waals surface area contributed by atoms with E-state index in [4.69, 9.17) is 13.1 Å². The fourth-order valence-corrected chi connectivity index (χ4v) is 10.4. The molecule has 0 unspecified atom stereocenters. The van der Waals surface area contributed by atoms with Crippen molar-refractivity contribution in [3.05, 3.63) is 60.2 Å². The molecule has 5 nitrogen and oxygen atoms in total. The van der Waals surface area contributed by atoms with Crippen molar-refractivity contribution >= 4 is 31.2 Å². The van der Waals surface area contributed by atoms with Crippen molar-refractivity contribution in [2.75, 3.05) is 24.7 Å². The zero-order valence-corrected chi connectivity index (χ0v) is 23.3.